The van der Waals surface area contributed by atoms with Crippen LogP contribution in [-0.4, -0.2) is 23.4 Å². The fourth-order valence-corrected chi connectivity index (χ4v) is 2.32. The van der Waals surface area contributed by atoms with Crippen molar-refractivity contribution in [3.05, 3.63) is 48.4 Å². The maximum Gasteiger partial charge on any atom is 0.319 e. The number of carbonyl (C=O) groups is 1. The summed E-state index contributed by atoms with van der Waals surface area (Å²) in [6, 6.07) is 8.76. The molecule has 1 unspecified atom stereocenters. The van der Waals surface area contributed by atoms with Crippen LogP contribution >= 0.6 is 11.8 Å². The van der Waals surface area contributed by atoms with Crippen molar-refractivity contribution in [2.24, 2.45) is 0 Å². The van der Waals surface area contributed by atoms with Crippen LogP contribution in [0.15, 0.2) is 52.0 Å². The van der Waals surface area contributed by atoms with Crippen molar-refractivity contribution in [3.63, 3.8) is 0 Å². The predicted octanol–water partition coefficient (Wildman–Crippen LogP) is 3.62. The number of thioether (sulfide) groups is 1. The number of urea groups is 1. The van der Waals surface area contributed by atoms with E-state index in [1.54, 1.807) is 12.1 Å². The molecule has 0 bridgehead atoms. The molecule has 124 valence electrons. The lowest BCUT2D eigenvalue weighted by Gasteiger charge is -2.21. The number of hydrogen-bond acceptors (Lipinski definition) is 4. The van der Waals surface area contributed by atoms with Crippen molar-refractivity contribution in [3.8, 4) is 0 Å². The van der Waals surface area contributed by atoms with Gasteiger partial charge < -0.3 is 20.2 Å². The average Bonchev–Trinajstić information content (AvgIpc) is 3.02. The molecule has 5 nitrogen and oxygen atoms in total. The van der Waals surface area contributed by atoms with Gasteiger partial charge in [0.15, 0.2) is 0 Å². The van der Waals surface area contributed by atoms with Gasteiger partial charge in [0.2, 0.25) is 0 Å². The van der Waals surface area contributed by atoms with Gasteiger partial charge >= 0.3 is 6.03 Å². The molecular formula is C15H16F2N2O3S. The Bertz CT molecular complexity index is 631. The van der Waals surface area contributed by atoms with E-state index in [9.17, 15) is 18.7 Å². The molecule has 2 amide bonds. The van der Waals surface area contributed by atoms with E-state index in [1.165, 1.54) is 37.5 Å². The van der Waals surface area contributed by atoms with Gasteiger partial charge in [0.25, 0.3) is 5.76 Å². The van der Waals surface area contributed by atoms with Crippen molar-refractivity contribution >= 4 is 23.5 Å². The Morgan fingerprint density at radius 3 is 2.61 bits per heavy atom. The van der Waals surface area contributed by atoms with Crippen LogP contribution in [0.3, 0.4) is 0 Å². The van der Waals surface area contributed by atoms with Gasteiger partial charge in [0.1, 0.15) is 11.4 Å². The minimum atomic E-state index is -2.49. The molecule has 1 atom stereocenters. The molecule has 0 aliphatic carbocycles. The Hall–Kier alpha value is -2.06. The lowest BCUT2D eigenvalue weighted by molar-refractivity contribution is 0.0372. The molecule has 8 heteroatoms. The van der Waals surface area contributed by atoms with Crippen LogP contribution in [0.1, 0.15) is 12.7 Å². The number of amides is 2. The first-order chi connectivity index (χ1) is 10.9. The van der Waals surface area contributed by atoms with Crippen LogP contribution in [0.2, 0.25) is 0 Å². The van der Waals surface area contributed by atoms with E-state index in [1.807, 2.05) is 0 Å². The summed E-state index contributed by atoms with van der Waals surface area (Å²) >= 11 is 0.433. The summed E-state index contributed by atoms with van der Waals surface area (Å²) in [5.41, 5.74) is -0.878. The van der Waals surface area contributed by atoms with Crippen molar-refractivity contribution < 1.29 is 23.1 Å². The van der Waals surface area contributed by atoms with Crippen LogP contribution in [0, 0.1) is 0 Å². The number of carbonyl (C=O) groups excluding carboxylic acids is 1. The number of alkyl halides is 2. The zero-order valence-electron chi connectivity index (χ0n) is 12.3. The predicted molar refractivity (Wildman–Crippen MR) is 83.6 cm³/mol. The van der Waals surface area contributed by atoms with Gasteiger partial charge in [0.05, 0.1) is 12.8 Å². The largest absolute Gasteiger partial charge is 0.466 e. The third-order valence-corrected chi connectivity index (χ3v) is 3.71. The van der Waals surface area contributed by atoms with Crippen LogP contribution in [0.4, 0.5) is 19.3 Å². The zero-order valence-corrected chi connectivity index (χ0v) is 13.1. The van der Waals surface area contributed by atoms with Crippen molar-refractivity contribution in [1.82, 2.24) is 5.32 Å². The normalized spacial score (nSPS) is 13.6. The van der Waals surface area contributed by atoms with Gasteiger partial charge in [-0.15, -0.1) is 0 Å². The van der Waals surface area contributed by atoms with E-state index in [0.717, 1.165) is 0 Å². The Morgan fingerprint density at radius 1 is 1.35 bits per heavy atom. The number of benzene rings is 1. The van der Waals surface area contributed by atoms with Gasteiger partial charge in [-0.3, -0.25) is 0 Å². The van der Waals surface area contributed by atoms with E-state index in [0.29, 0.717) is 28.1 Å². The van der Waals surface area contributed by atoms with Crippen molar-refractivity contribution in [1.29, 1.82) is 0 Å². The molecule has 0 spiro atoms. The molecule has 0 fully saturated rings. The molecule has 0 radical (unpaired) electrons. The third kappa shape index (κ3) is 5.26. The molecule has 1 heterocycles. The topological polar surface area (TPSA) is 74.5 Å². The second kappa shape index (κ2) is 7.47. The van der Waals surface area contributed by atoms with Crippen LogP contribution in [0.25, 0.3) is 0 Å². The minimum Gasteiger partial charge on any atom is -0.466 e. The van der Waals surface area contributed by atoms with Crippen molar-refractivity contribution in [2.75, 3.05) is 11.9 Å². The summed E-state index contributed by atoms with van der Waals surface area (Å²) in [6.07, 6.45) is 1.43. The second-order valence-corrected chi connectivity index (χ2v) is 6.03. The highest BCUT2D eigenvalue weighted by Gasteiger charge is 2.26. The SMILES string of the molecule is CC(O)(CNC(=O)Nc1ccc(SC(F)F)cc1)c1ccco1. The highest BCUT2D eigenvalue weighted by molar-refractivity contribution is 7.99. The number of rotatable bonds is 6. The molecular weight excluding hydrogens is 326 g/mol. The lowest BCUT2D eigenvalue weighted by atomic mass is 10.0. The van der Waals surface area contributed by atoms with E-state index < -0.39 is 17.4 Å². The van der Waals surface area contributed by atoms with Crippen LogP contribution in [0.5, 0.6) is 0 Å². The van der Waals surface area contributed by atoms with E-state index in [4.69, 9.17) is 4.42 Å². The first kappa shape index (κ1) is 17.3. The minimum absolute atomic E-state index is 0.0499. The summed E-state index contributed by atoms with van der Waals surface area (Å²) in [5.74, 6) is -2.15. The Morgan fingerprint density at radius 2 is 2.04 bits per heavy atom. The van der Waals surface area contributed by atoms with Gasteiger partial charge in [0, 0.05) is 10.6 Å². The van der Waals surface area contributed by atoms with Gasteiger partial charge in [-0.05, 0) is 43.3 Å². The number of halogens is 2. The molecule has 1 aromatic heterocycles. The summed E-state index contributed by atoms with van der Waals surface area (Å²) in [4.78, 5) is 12.2. The van der Waals surface area contributed by atoms with E-state index in [2.05, 4.69) is 10.6 Å². The summed E-state index contributed by atoms with van der Waals surface area (Å²) in [6.45, 7) is 1.47. The Kier molecular flexibility index (Phi) is 5.62. The molecule has 3 N–H and O–H groups in total. The Balaban J connectivity index is 1.85. The third-order valence-electron chi connectivity index (χ3n) is 2.98. The molecule has 2 rings (SSSR count). The smallest absolute Gasteiger partial charge is 0.319 e. The van der Waals surface area contributed by atoms with Crippen LogP contribution in [-0.2, 0) is 5.60 Å². The monoisotopic (exact) mass is 342 g/mol. The molecule has 0 saturated carbocycles. The van der Waals surface area contributed by atoms with E-state index in [-0.39, 0.29) is 6.54 Å². The number of aliphatic hydroxyl groups is 1. The first-order valence-electron chi connectivity index (χ1n) is 6.73. The molecule has 0 aliphatic heterocycles. The maximum atomic E-state index is 12.2. The zero-order chi connectivity index (χ0) is 16.9. The van der Waals surface area contributed by atoms with E-state index >= 15 is 0 Å². The summed E-state index contributed by atoms with van der Waals surface area (Å²) in [5, 5.41) is 15.3. The summed E-state index contributed by atoms with van der Waals surface area (Å²) in [7, 11) is 0. The fraction of sp³-hybridized carbons (Fsp3) is 0.267. The highest BCUT2D eigenvalue weighted by Crippen LogP contribution is 2.26. The standard InChI is InChI=1S/C15H16F2N2O3S/c1-15(21,12-3-2-8-22-12)9-18-14(20)19-10-4-6-11(7-5-10)23-13(16)17/h2-8,13,21H,9H2,1H3,(H2,18,19,20). The second-order valence-electron chi connectivity index (χ2n) is 4.96. The van der Waals surface area contributed by atoms with Crippen molar-refractivity contribution in [2.45, 2.75) is 23.2 Å². The quantitative estimate of drug-likeness (QED) is 0.701. The fourth-order valence-electron chi connectivity index (χ4n) is 1.82. The average molecular weight is 342 g/mol. The molecule has 0 saturated heterocycles. The number of anilines is 1. The molecule has 23 heavy (non-hydrogen) atoms. The van der Waals surface area contributed by atoms with Crippen LogP contribution < -0.4 is 10.6 Å². The molecule has 1 aromatic carbocycles. The maximum absolute atomic E-state index is 12.2. The Labute approximate surface area is 136 Å². The first-order valence-corrected chi connectivity index (χ1v) is 7.61. The number of furan rings is 1. The molecule has 2 aromatic rings. The highest BCUT2D eigenvalue weighted by atomic mass is 32.2. The van der Waals surface area contributed by atoms with Gasteiger partial charge in [-0.25, -0.2) is 4.79 Å². The van der Waals surface area contributed by atoms with Gasteiger partial charge in [-0.2, -0.15) is 8.78 Å². The summed E-state index contributed by atoms with van der Waals surface area (Å²) < 4.78 is 29.5. The molecule has 0 aliphatic rings. The number of nitrogens with one attached hydrogen (secondary N) is 2. The lowest BCUT2D eigenvalue weighted by Crippen LogP contribution is -2.40. The number of hydrogen-bond donors (Lipinski definition) is 3. The van der Waals surface area contributed by atoms with Gasteiger partial charge in [-0.1, -0.05) is 11.8 Å².